The molecule has 1 heterocycles. The number of benzene rings is 1. The van der Waals surface area contributed by atoms with E-state index in [4.69, 9.17) is 16.0 Å². The first-order valence-electron chi connectivity index (χ1n) is 6.90. The number of nitrogens with one attached hydrogen (secondary N) is 2. The molecule has 0 radical (unpaired) electrons. The Morgan fingerprint density at radius 3 is 2.81 bits per heavy atom. The number of carbonyl (C=O) groups is 1. The number of aryl methyl sites for hydroxylation is 1. The van der Waals surface area contributed by atoms with E-state index in [1.807, 2.05) is 24.3 Å². The maximum atomic E-state index is 11.0. The second-order valence-electron chi connectivity index (χ2n) is 5.04. The van der Waals surface area contributed by atoms with E-state index in [9.17, 15) is 4.79 Å². The van der Waals surface area contributed by atoms with E-state index in [1.165, 1.54) is 6.92 Å². The second-order valence-corrected chi connectivity index (χ2v) is 5.45. The van der Waals surface area contributed by atoms with Gasteiger partial charge in [0.2, 0.25) is 5.91 Å². The minimum Gasteiger partial charge on any atom is -0.469 e. The molecule has 0 fully saturated rings. The van der Waals surface area contributed by atoms with Crippen LogP contribution in [0, 0.1) is 0 Å². The standard InChI is InChI=1S/C16H19ClN2O2/c1-11(5-7-14-4-3-9-21-14)18-13-6-8-16(15(17)10-13)19-12(2)20/h3-4,6,8-11,18H,5,7H2,1-2H3,(H,19,20). The predicted octanol–water partition coefficient (Wildman–Crippen LogP) is 4.32. The summed E-state index contributed by atoms with van der Waals surface area (Å²) in [7, 11) is 0. The molecular formula is C16H19ClN2O2. The van der Waals surface area contributed by atoms with Gasteiger partial charge in [-0.2, -0.15) is 0 Å². The number of halogens is 1. The summed E-state index contributed by atoms with van der Waals surface area (Å²) in [6.45, 7) is 3.57. The third-order valence-electron chi connectivity index (χ3n) is 3.10. The van der Waals surface area contributed by atoms with E-state index in [0.29, 0.717) is 10.7 Å². The maximum Gasteiger partial charge on any atom is 0.221 e. The average Bonchev–Trinajstić information content (AvgIpc) is 2.92. The van der Waals surface area contributed by atoms with Crippen molar-refractivity contribution in [2.45, 2.75) is 32.7 Å². The van der Waals surface area contributed by atoms with Crippen LogP contribution in [-0.4, -0.2) is 11.9 Å². The van der Waals surface area contributed by atoms with E-state index in [0.717, 1.165) is 24.3 Å². The summed E-state index contributed by atoms with van der Waals surface area (Å²) in [6, 6.07) is 9.68. The van der Waals surface area contributed by atoms with Gasteiger partial charge in [0.25, 0.3) is 0 Å². The summed E-state index contributed by atoms with van der Waals surface area (Å²) < 4.78 is 5.32. The Hall–Kier alpha value is -1.94. The fourth-order valence-electron chi connectivity index (χ4n) is 2.07. The van der Waals surface area contributed by atoms with Crippen molar-refractivity contribution in [2.75, 3.05) is 10.6 Å². The monoisotopic (exact) mass is 306 g/mol. The quantitative estimate of drug-likeness (QED) is 0.835. The van der Waals surface area contributed by atoms with Crippen LogP contribution < -0.4 is 10.6 Å². The number of hydrogen-bond acceptors (Lipinski definition) is 3. The van der Waals surface area contributed by atoms with Crippen molar-refractivity contribution in [3.05, 3.63) is 47.4 Å². The molecule has 1 aromatic carbocycles. The van der Waals surface area contributed by atoms with Gasteiger partial charge in [-0.05, 0) is 43.7 Å². The highest BCUT2D eigenvalue weighted by Crippen LogP contribution is 2.26. The van der Waals surface area contributed by atoms with E-state index in [1.54, 1.807) is 12.3 Å². The van der Waals surface area contributed by atoms with E-state index in [2.05, 4.69) is 17.6 Å². The molecule has 1 aromatic heterocycles. The molecule has 0 saturated carbocycles. The summed E-state index contributed by atoms with van der Waals surface area (Å²) >= 11 is 6.15. The first-order chi connectivity index (χ1) is 10.0. The van der Waals surface area contributed by atoms with Crippen molar-refractivity contribution in [3.63, 3.8) is 0 Å². The van der Waals surface area contributed by atoms with Crippen LogP contribution in [0.2, 0.25) is 5.02 Å². The normalized spacial score (nSPS) is 12.0. The van der Waals surface area contributed by atoms with Crippen molar-refractivity contribution < 1.29 is 9.21 Å². The lowest BCUT2D eigenvalue weighted by atomic mass is 10.1. The first kappa shape index (κ1) is 15.4. The van der Waals surface area contributed by atoms with Crippen molar-refractivity contribution in [1.82, 2.24) is 0 Å². The van der Waals surface area contributed by atoms with Gasteiger partial charge in [0.15, 0.2) is 0 Å². The molecule has 1 unspecified atom stereocenters. The Morgan fingerprint density at radius 2 is 2.19 bits per heavy atom. The summed E-state index contributed by atoms with van der Waals surface area (Å²) in [6.07, 6.45) is 3.53. The number of rotatable bonds is 6. The molecule has 2 rings (SSSR count). The molecule has 1 atom stereocenters. The number of carbonyl (C=O) groups excluding carboxylic acids is 1. The Balaban J connectivity index is 1.90. The Kier molecular flexibility index (Phi) is 5.28. The van der Waals surface area contributed by atoms with E-state index >= 15 is 0 Å². The fourth-order valence-corrected chi connectivity index (χ4v) is 2.29. The third kappa shape index (κ3) is 4.83. The average molecular weight is 307 g/mol. The zero-order valence-electron chi connectivity index (χ0n) is 12.2. The minimum absolute atomic E-state index is 0.135. The Bertz CT molecular complexity index is 596. The molecule has 21 heavy (non-hydrogen) atoms. The van der Waals surface area contributed by atoms with Crippen LogP contribution in [-0.2, 0) is 11.2 Å². The Labute approximate surface area is 129 Å². The largest absolute Gasteiger partial charge is 0.469 e. The molecule has 112 valence electrons. The first-order valence-corrected chi connectivity index (χ1v) is 7.28. The zero-order valence-corrected chi connectivity index (χ0v) is 12.9. The molecule has 0 saturated heterocycles. The van der Waals surface area contributed by atoms with Crippen LogP contribution in [0.15, 0.2) is 41.0 Å². The van der Waals surface area contributed by atoms with Crippen molar-refractivity contribution >= 4 is 28.9 Å². The number of furan rings is 1. The van der Waals surface area contributed by atoms with Gasteiger partial charge in [-0.1, -0.05) is 11.6 Å². The number of anilines is 2. The number of amides is 1. The molecule has 0 aliphatic carbocycles. The van der Waals surface area contributed by atoms with Gasteiger partial charge in [0.1, 0.15) is 5.76 Å². The smallest absolute Gasteiger partial charge is 0.221 e. The molecule has 4 nitrogen and oxygen atoms in total. The third-order valence-corrected chi connectivity index (χ3v) is 3.41. The van der Waals surface area contributed by atoms with Gasteiger partial charge in [-0.15, -0.1) is 0 Å². The van der Waals surface area contributed by atoms with E-state index < -0.39 is 0 Å². The summed E-state index contributed by atoms with van der Waals surface area (Å²) in [5.41, 5.74) is 1.55. The van der Waals surface area contributed by atoms with E-state index in [-0.39, 0.29) is 11.9 Å². The molecule has 0 aliphatic heterocycles. The summed E-state index contributed by atoms with van der Waals surface area (Å²) in [4.78, 5) is 11.0. The van der Waals surface area contributed by atoms with Crippen molar-refractivity contribution in [2.24, 2.45) is 0 Å². The maximum absolute atomic E-state index is 11.0. The minimum atomic E-state index is -0.135. The highest BCUT2D eigenvalue weighted by molar-refractivity contribution is 6.34. The second kappa shape index (κ2) is 7.18. The molecule has 1 amide bonds. The highest BCUT2D eigenvalue weighted by atomic mass is 35.5. The topological polar surface area (TPSA) is 54.3 Å². The number of hydrogen-bond donors (Lipinski definition) is 2. The zero-order chi connectivity index (χ0) is 15.2. The fraction of sp³-hybridized carbons (Fsp3) is 0.312. The van der Waals surface area contributed by atoms with Gasteiger partial charge in [0, 0.05) is 25.1 Å². The molecule has 2 N–H and O–H groups in total. The SMILES string of the molecule is CC(=O)Nc1ccc(NC(C)CCc2ccco2)cc1Cl. The van der Waals surface area contributed by atoms with Gasteiger partial charge in [-0.25, -0.2) is 0 Å². The van der Waals surface area contributed by atoms with Gasteiger partial charge >= 0.3 is 0 Å². The summed E-state index contributed by atoms with van der Waals surface area (Å²) in [5, 5.41) is 6.59. The van der Waals surface area contributed by atoms with Gasteiger partial charge < -0.3 is 15.1 Å². The molecule has 0 bridgehead atoms. The van der Waals surface area contributed by atoms with Crippen LogP contribution in [0.1, 0.15) is 26.0 Å². The van der Waals surface area contributed by atoms with Gasteiger partial charge in [-0.3, -0.25) is 4.79 Å². The van der Waals surface area contributed by atoms with Crippen LogP contribution in [0.4, 0.5) is 11.4 Å². The predicted molar refractivity (Wildman–Crippen MR) is 85.9 cm³/mol. The molecular weight excluding hydrogens is 288 g/mol. The van der Waals surface area contributed by atoms with Crippen LogP contribution in [0.5, 0.6) is 0 Å². The van der Waals surface area contributed by atoms with Crippen molar-refractivity contribution in [3.8, 4) is 0 Å². The van der Waals surface area contributed by atoms with Crippen LogP contribution in [0.25, 0.3) is 0 Å². The van der Waals surface area contributed by atoms with Gasteiger partial charge in [0.05, 0.1) is 17.0 Å². The molecule has 0 aliphatic rings. The lowest BCUT2D eigenvalue weighted by Crippen LogP contribution is -2.16. The van der Waals surface area contributed by atoms with Crippen LogP contribution in [0.3, 0.4) is 0 Å². The van der Waals surface area contributed by atoms with Crippen molar-refractivity contribution in [1.29, 1.82) is 0 Å². The van der Waals surface area contributed by atoms with Crippen LogP contribution >= 0.6 is 11.6 Å². The molecule has 2 aromatic rings. The molecule has 5 heteroatoms. The lowest BCUT2D eigenvalue weighted by Gasteiger charge is -2.16. The summed E-state index contributed by atoms with van der Waals surface area (Å²) in [5.74, 6) is 0.854. The Morgan fingerprint density at radius 1 is 1.38 bits per heavy atom. The molecule has 0 spiro atoms. The highest BCUT2D eigenvalue weighted by Gasteiger charge is 2.07. The lowest BCUT2D eigenvalue weighted by molar-refractivity contribution is -0.114.